The highest BCUT2D eigenvalue weighted by atomic mass is 79.9. The number of ketones is 2. The number of nitrogens with one attached hydrogen (secondary N) is 1. The van der Waals surface area contributed by atoms with Gasteiger partial charge in [0, 0.05) is 32.1 Å². The molecule has 0 amide bonds. The van der Waals surface area contributed by atoms with Crippen molar-refractivity contribution in [1.82, 2.24) is 0 Å². The molecule has 4 aromatic rings. The number of hydrogen-bond donors (Lipinski definition) is 1. The Morgan fingerprint density at radius 1 is 0.750 bits per heavy atom. The van der Waals surface area contributed by atoms with E-state index in [1.807, 2.05) is 91.0 Å². The maximum Gasteiger partial charge on any atom is 0.344 e. The van der Waals surface area contributed by atoms with Gasteiger partial charge in [-0.05, 0) is 24.3 Å². The smallest absolute Gasteiger partial charge is 0.344 e. The van der Waals surface area contributed by atoms with Crippen LogP contribution in [0, 0.1) is 0 Å². The fourth-order valence-electron chi connectivity index (χ4n) is 4.50. The molecule has 1 aliphatic rings. The van der Waals surface area contributed by atoms with Crippen molar-refractivity contribution < 1.29 is 19.1 Å². The molecule has 40 heavy (non-hydrogen) atoms. The van der Waals surface area contributed by atoms with Crippen molar-refractivity contribution in [2.24, 2.45) is 4.74 Å². The molecule has 0 heterocycles. The normalized spacial score (nSPS) is 13.5. The zero-order valence-electron chi connectivity index (χ0n) is 21.5. The third kappa shape index (κ3) is 5.26. The molecule has 0 unspecified atom stereocenters. The van der Waals surface area contributed by atoms with Crippen LogP contribution in [0.3, 0.4) is 0 Å². The molecule has 198 valence electrons. The molecule has 0 aliphatic heterocycles. The highest BCUT2D eigenvalue weighted by molar-refractivity contribution is 9.10. The van der Waals surface area contributed by atoms with E-state index in [1.54, 1.807) is 24.3 Å². The minimum Gasteiger partial charge on any atom is -0.465 e. The summed E-state index contributed by atoms with van der Waals surface area (Å²) in [7, 11) is -1.75. The number of esters is 1. The van der Waals surface area contributed by atoms with Gasteiger partial charge in [0.25, 0.3) is 0 Å². The zero-order valence-corrected chi connectivity index (χ0v) is 23.9. The molecular formula is C32H24BrN2O4P. The fraction of sp³-hybridized carbons (Fsp3) is 0.0312. The first-order valence-corrected chi connectivity index (χ1v) is 14.9. The topological polar surface area (TPSA) is 84.8 Å². The van der Waals surface area contributed by atoms with E-state index in [9.17, 15) is 14.4 Å². The zero-order chi connectivity index (χ0) is 28.1. The van der Waals surface area contributed by atoms with Crippen molar-refractivity contribution in [1.29, 1.82) is 0 Å². The summed E-state index contributed by atoms with van der Waals surface area (Å²) < 4.78 is 11.0. The second-order valence-electron chi connectivity index (χ2n) is 8.84. The maximum absolute atomic E-state index is 13.8. The summed E-state index contributed by atoms with van der Waals surface area (Å²) in [6, 6.07) is 36.1. The summed E-state index contributed by atoms with van der Waals surface area (Å²) in [4.78, 5) is 40.6. The number of carbonyl (C=O) groups is 3. The standard InChI is InChI=1S/C32H24BrN2O4P/c1-39-32(38)29-30(28(36)21-27(31(29)37)34-23-19-17-22(33)18-20-23)35-40(24-11-5-2-6-12-24,25-13-7-3-8-14-25)26-15-9-4-10-16-26/h2-21,34H,1H3. The van der Waals surface area contributed by atoms with E-state index in [0.29, 0.717) is 5.69 Å². The molecule has 1 N–H and O–H groups in total. The first-order chi connectivity index (χ1) is 19.4. The van der Waals surface area contributed by atoms with Gasteiger partial charge >= 0.3 is 5.97 Å². The van der Waals surface area contributed by atoms with Crippen molar-refractivity contribution in [2.75, 3.05) is 12.4 Å². The highest BCUT2D eigenvalue weighted by Crippen LogP contribution is 2.48. The van der Waals surface area contributed by atoms with Gasteiger partial charge in [-0.25, -0.2) is 9.54 Å². The first-order valence-electron chi connectivity index (χ1n) is 12.4. The van der Waals surface area contributed by atoms with Gasteiger partial charge in [-0.15, -0.1) is 0 Å². The molecule has 6 nitrogen and oxygen atoms in total. The maximum atomic E-state index is 13.8. The van der Waals surface area contributed by atoms with Crippen LogP contribution in [0.1, 0.15) is 0 Å². The predicted octanol–water partition coefficient (Wildman–Crippen LogP) is 5.50. The number of Topliss-reactive ketones (excluding diaryl/α,β-unsaturated/α-hetero) is 1. The fourth-order valence-corrected chi connectivity index (χ4v) is 8.32. The van der Waals surface area contributed by atoms with Crippen molar-refractivity contribution in [3.05, 3.63) is 143 Å². The van der Waals surface area contributed by atoms with Gasteiger partial charge in [-0.1, -0.05) is 107 Å². The van der Waals surface area contributed by atoms with E-state index in [0.717, 1.165) is 20.4 Å². The Hall–Kier alpha value is -4.32. The summed E-state index contributed by atoms with van der Waals surface area (Å²) in [6.07, 6.45) is 1.20. The van der Waals surface area contributed by atoms with Gasteiger partial charge in [-0.2, -0.15) is 0 Å². The van der Waals surface area contributed by atoms with Crippen LogP contribution in [-0.4, -0.2) is 24.6 Å². The number of allylic oxidation sites excluding steroid dienone is 2. The third-order valence-electron chi connectivity index (χ3n) is 6.37. The number of hydrogen-bond acceptors (Lipinski definition) is 6. The summed E-state index contributed by atoms with van der Waals surface area (Å²) in [6.45, 7) is 0. The van der Waals surface area contributed by atoms with E-state index in [4.69, 9.17) is 9.48 Å². The van der Waals surface area contributed by atoms with Crippen molar-refractivity contribution in [3.63, 3.8) is 0 Å². The second kappa shape index (κ2) is 11.8. The largest absolute Gasteiger partial charge is 0.465 e. The van der Waals surface area contributed by atoms with E-state index >= 15 is 0 Å². The van der Waals surface area contributed by atoms with Gasteiger partial charge in [-0.3, -0.25) is 9.59 Å². The minimum atomic E-state index is -2.93. The van der Waals surface area contributed by atoms with Crippen LogP contribution in [0.5, 0.6) is 0 Å². The first kappa shape index (κ1) is 27.3. The van der Waals surface area contributed by atoms with Gasteiger partial charge < -0.3 is 10.1 Å². The molecule has 0 saturated heterocycles. The van der Waals surface area contributed by atoms with Gasteiger partial charge in [0.1, 0.15) is 11.3 Å². The van der Waals surface area contributed by atoms with Crippen LogP contribution < -0.4 is 21.2 Å². The van der Waals surface area contributed by atoms with Crippen LogP contribution in [-0.2, 0) is 19.1 Å². The lowest BCUT2D eigenvalue weighted by Gasteiger charge is -2.28. The lowest BCUT2D eigenvalue weighted by Crippen LogP contribution is -2.30. The molecule has 0 atom stereocenters. The molecular weight excluding hydrogens is 587 g/mol. The Balaban J connectivity index is 1.79. The number of rotatable bonds is 7. The lowest BCUT2D eigenvalue weighted by molar-refractivity contribution is -0.138. The Morgan fingerprint density at radius 2 is 1.23 bits per heavy atom. The molecule has 0 saturated carbocycles. The lowest BCUT2D eigenvalue weighted by atomic mass is 9.97. The van der Waals surface area contributed by atoms with E-state index in [-0.39, 0.29) is 11.4 Å². The average Bonchev–Trinajstić information content (AvgIpc) is 3.00. The quantitative estimate of drug-likeness (QED) is 0.129. The Morgan fingerprint density at radius 3 is 1.68 bits per heavy atom. The van der Waals surface area contributed by atoms with E-state index in [2.05, 4.69) is 21.2 Å². The molecule has 0 aromatic heterocycles. The van der Waals surface area contributed by atoms with E-state index < -0.39 is 30.2 Å². The Kier molecular flexibility index (Phi) is 8.06. The monoisotopic (exact) mass is 610 g/mol. The number of methoxy groups -OCH3 is 1. The van der Waals surface area contributed by atoms with Gasteiger partial charge in [0.05, 0.1) is 19.9 Å². The number of halogens is 1. The molecule has 0 fully saturated rings. The number of ether oxygens (including phenoxy) is 1. The minimum absolute atomic E-state index is 0.0326. The van der Waals surface area contributed by atoms with Crippen LogP contribution >= 0.6 is 23.0 Å². The molecule has 8 heteroatoms. The average molecular weight is 611 g/mol. The summed E-state index contributed by atoms with van der Waals surface area (Å²) in [5.74, 6) is -2.15. The Labute approximate surface area is 240 Å². The highest BCUT2D eigenvalue weighted by Gasteiger charge is 2.37. The number of nitrogens with zero attached hydrogens (tertiary/aromatic N) is 1. The molecule has 5 rings (SSSR count). The number of benzene rings is 4. The summed E-state index contributed by atoms with van der Waals surface area (Å²) in [5, 5.41) is 5.57. The van der Waals surface area contributed by atoms with Crippen LogP contribution in [0.2, 0.25) is 0 Å². The number of anilines is 1. The van der Waals surface area contributed by atoms with Crippen molar-refractivity contribution in [3.8, 4) is 0 Å². The van der Waals surface area contributed by atoms with Crippen LogP contribution in [0.15, 0.2) is 148 Å². The SMILES string of the molecule is COC(=O)C1=C(N=P(c2ccccc2)(c2ccccc2)c2ccccc2)C(=O)C=C(Nc2ccc(Br)cc2)C1=O. The molecule has 0 spiro atoms. The van der Waals surface area contributed by atoms with Crippen LogP contribution in [0.25, 0.3) is 0 Å². The molecule has 0 bridgehead atoms. The van der Waals surface area contributed by atoms with E-state index in [1.165, 1.54) is 13.2 Å². The van der Waals surface area contributed by atoms with Gasteiger partial charge in [0.2, 0.25) is 11.6 Å². The second-order valence-corrected chi connectivity index (χ2v) is 12.8. The van der Waals surface area contributed by atoms with Crippen molar-refractivity contribution >= 4 is 62.1 Å². The predicted molar refractivity (Wildman–Crippen MR) is 162 cm³/mol. The third-order valence-corrected chi connectivity index (χ3v) is 10.5. The molecule has 4 aromatic carbocycles. The summed E-state index contributed by atoms with van der Waals surface area (Å²) in [5.41, 5.74) is -0.0699. The van der Waals surface area contributed by atoms with Crippen LogP contribution in [0.4, 0.5) is 5.69 Å². The Bertz CT molecular complexity index is 1600. The molecule has 1 aliphatic carbocycles. The molecule has 0 radical (unpaired) electrons. The number of carbonyl (C=O) groups excluding carboxylic acids is 3. The van der Waals surface area contributed by atoms with Crippen molar-refractivity contribution in [2.45, 2.75) is 0 Å². The summed E-state index contributed by atoms with van der Waals surface area (Å²) >= 11 is 3.38. The van der Waals surface area contributed by atoms with Gasteiger partial charge in [0.15, 0.2) is 0 Å².